The van der Waals surface area contributed by atoms with E-state index in [9.17, 15) is 19.8 Å². The molecule has 2 aromatic carbocycles. The van der Waals surface area contributed by atoms with Crippen molar-refractivity contribution in [2.24, 2.45) is 5.41 Å². The predicted octanol–water partition coefficient (Wildman–Crippen LogP) is 2.58. The predicted molar refractivity (Wildman–Crippen MR) is 89.9 cm³/mol. The lowest BCUT2D eigenvalue weighted by Gasteiger charge is -2.24. The van der Waals surface area contributed by atoms with Gasteiger partial charge < -0.3 is 19.7 Å². The summed E-state index contributed by atoms with van der Waals surface area (Å²) in [6.07, 6.45) is 0. The third kappa shape index (κ3) is 5.14. The monoisotopic (exact) mass is 344 g/mol. The molecular formula is C19H20O6. The highest BCUT2D eigenvalue weighted by molar-refractivity contribution is 5.98. The Kier molecular flexibility index (Phi) is 6.68. The number of hydrogen-bond donors (Lipinski definition) is 2. The standard InChI is InChI=1S/C19H20O6/c20-17(21)19(18(22)23,13-24-11-15-7-3-1-4-8-15)14-25-12-16-9-5-2-6-10-16/h1-10H,11-14H2,(H,20,21)(H,22,23). The van der Waals surface area contributed by atoms with Gasteiger partial charge in [0.15, 0.2) is 0 Å². The van der Waals surface area contributed by atoms with Crippen LogP contribution in [0.1, 0.15) is 11.1 Å². The maximum atomic E-state index is 11.6. The van der Waals surface area contributed by atoms with Crippen molar-refractivity contribution in [2.75, 3.05) is 13.2 Å². The van der Waals surface area contributed by atoms with E-state index in [2.05, 4.69) is 0 Å². The van der Waals surface area contributed by atoms with Crippen LogP contribution in [-0.2, 0) is 32.3 Å². The highest BCUT2D eigenvalue weighted by Crippen LogP contribution is 2.21. The van der Waals surface area contributed by atoms with Crippen molar-refractivity contribution >= 4 is 11.9 Å². The number of benzene rings is 2. The van der Waals surface area contributed by atoms with Crippen molar-refractivity contribution in [3.8, 4) is 0 Å². The zero-order valence-corrected chi connectivity index (χ0v) is 13.6. The van der Waals surface area contributed by atoms with Crippen LogP contribution >= 0.6 is 0 Å². The molecule has 0 aliphatic heterocycles. The minimum Gasteiger partial charge on any atom is -0.480 e. The van der Waals surface area contributed by atoms with Gasteiger partial charge in [0.25, 0.3) is 0 Å². The maximum absolute atomic E-state index is 11.6. The first-order chi connectivity index (χ1) is 12.0. The Bertz CT molecular complexity index is 622. The molecule has 6 heteroatoms. The van der Waals surface area contributed by atoms with Gasteiger partial charge in [-0.15, -0.1) is 0 Å². The Morgan fingerprint density at radius 1 is 0.720 bits per heavy atom. The fraction of sp³-hybridized carbons (Fsp3) is 0.263. The lowest BCUT2D eigenvalue weighted by molar-refractivity contribution is -0.176. The molecule has 6 nitrogen and oxygen atoms in total. The lowest BCUT2D eigenvalue weighted by Crippen LogP contribution is -2.47. The van der Waals surface area contributed by atoms with Gasteiger partial charge in [0.1, 0.15) is 0 Å². The Balaban J connectivity index is 1.97. The fourth-order valence-electron chi connectivity index (χ4n) is 2.21. The first kappa shape index (κ1) is 18.6. The van der Waals surface area contributed by atoms with E-state index in [0.717, 1.165) is 11.1 Å². The van der Waals surface area contributed by atoms with Gasteiger partial charge >= 0.3 is 11.9 Å². The molecule has 0 saturated heterocycles. The second-order valence-electron chi connectivity index (χ2n) is 5.65. The van der Waals surface area contributed by atoms with E-state index in [1.54, 1.807) is 0 Å². The minimum absolute atomic E-state index is 0.127. The summed E-state index contributed by atoms with van der Waals surface area (Å²) in [5, 5.41) is 18.9. The highest BCUT2D eigenvalue weighted by atomic mass is 16.5. The molecule has 0 fully saturated rings. The first-order valence-corrected chi connectivity index (χ1v) is 7.75. The Hall–Kier alpha value is -2.70. The number of rotatable bonds is 10. The number of carbonyl (C=O) groups is 2. The smallest absolute Gasteiger partial charge is 0.325 e. The summed E-state index contributed by atoms with van der Waals surface area (Å²) >= 11 is 0. The normalized spacial score (nSPS) is 11.2. The number of carboxylic acids is 2. The summed E-state index contributed by atoms with van der Waals surface area (Å²) in [5.41, 5.74) is -0.487. The minimum atomic E-state index is -2.15. The zero-order chi connectivity index (χ0) is 18.1. The molecule has 132 valence electrons. The number of ether oxygens (including phenoxy) is 2. The molecule has 0 aliphatic rings. The van der Waals surface area contributed by atoms with Crippen LogP contribution in [-0.4, -0.2) is 35.4 Å². The van der Waals surface area contributed by atoms with Crippen LogP contribution in [0.5, 0.6) is 0 Å². The van der Waals surface area contributed by atoms with Gasteiger partial charge in [-0.2, -0.15) is 0 Å². The van der Waals surface area contributed by atoms with Gasteiger partial charge in [-0.25, -0.2) is 0 Å². The molecule has 0 heterocycles. The average Bonchev–Trinajstić information content (AvgIpc) is 2.61. The molecule has 0 amide bonds. The molecule has 0 radical (unpaired) electrons. The van der Waals surface area contributed by atoms with E-state index in [4.69, 9.17) is 9.47 Å². The van der Waals surface area contributed by atoms with E-state index < -0.39 is 30.6 Å². The van der Waals surface area contributed by atoms with E-state index >= 15 is 0 Å². The third-order valence-corrected chi connectivity index (χ3v) is 3.74. The van der Waals surface area contributed by atoms with E-state index in [1.807, 2.05) is 60.7 Å². The summed E-state index contributed by atoms with van der Waals surface area (Å²) in [4.78, 5) is 23.2. The van der Waals surface area contributed by atoms with Crippen LogP contribution in [0.4, 0.5) is 0 Å². The number of aliphatic carboxylic acids is 2. The van der Waals surface area contributed by atoms with Crippen LogP contribution in [0, 0.1) is 5.41 Å². The molecule has 0 bridgehead atoms. The molecule has 0 atom stereocenters. The number of hydrogen-bond acceptors (Lipinski definition) is 4. The van der Waals surface area contributed by atoms with Gasteiger partial charge in [-0.3, -0.25) is 9.59 Å². The molecule has 0 aliphatic carbocycles. The van der Waals surface area contributed by atoms with Gasteiger partial charge in [-0.1, -0.05) is 60.7 Å². The first-order valence-electron chi connectivity index (χ1n) is 7.75. The molecule has 2 rings (SSSR count). The third-order valence-electron chi connectivity index (χ3n) is 3.74. The van der Waals surface area contributed by atoms with Crippen LogP contribution in [0.25, 0.3) is 0 Å². The van der Waals surface area contributed by atoms with E-state index in [-0.39, 0.29) is 13.2 Å². The maximum Gasteiger partial charge on any atom is 0.325 e. The van der Waals surface area contributed by atoms with Gasteiger partial charge in [0.2, 0.25) is 5.41 Å². The average molecular weight is 344 g/mol. The van der Waals surface area contributed by atoms with Crippen LogP contribution in [0.15, 0.2) is 60.7 Å². The summed E-state index contributed by atoms with van der Waals surface area (Å²) in [5.74, 6) is -2.97. The van der Waals surface area contributed by atoms with E-state index in [0.29, 0.717) is 0 Å². The molecular weight excluding hydrogens is 324 g/mol. The summed E-state index contributed by atoms with van der Waals surface area (Å²) in [7, 11) is 0. The molecule has 0 aromatic heterocycles. The largest absolute Gasteiger partial charge is 0.480 e. The number of carboxylic acid groups (broad SMARTS) is 2. The zero-order valence-electron chi connectivity index (χ0n) is 13.6. The Labute approximate surface area is 145 Å². The quantitative estimate of drug-likeness (QED) is 0.644. The summed E-state index contributed by atoms with van der Waals surface area (Å²) < 4.78 is 10.7. The molecule has 0 unspecified atom stereocenters. The molecule has 25 heavy (non-hydrogen) atoms. The molecule has 0 spiro atoms. The Morgan fingerprint density at radius 2 is 1.08 bits per heavy atom. The molecule has 0 saturated carbocycles. The lowest BCUT2D eigenvalue weighted by atomic mass is 9.90. The fourth-order valence-corrected chi connectivity index (χ4v) is 2.21. The molecule has 2 N–H and O–H groups in total. The summed E-state index contributed by atoms with van der Waals surface area (Å²) in [6.45, 7) is -0.716. The van der Waals surface area contributed by atoms with Gasteiger partial charge in [-0.05, 0) is 11.1 Å². The second-order valence-corrected chi connectivity index (χ2v) is 5.65. The van der Waals surface area contributed by atoms with Crippen molar-refractivity contribution in [2.45, 2.75) is 13.2 Å². The van der Waals surface area contributed by atoms with Crippen LogP contribution < -0.4 is 0 Å². The van der Waals surface area contributed by atoms with Crippen molar-refractivity contribution < 1.29 is 29.3 Å². The van der Waals surface area contributed by atoms with Crippen molar-refractivity contribution in [3.63, 3.8) is 0 Å². The van der Waals surface area contributed by atoms with Crippen LogP contribution in [0.3, 0.4) is 0 Å². The second kappa shape index (κ2) is 8.96. The summed E-state index contributed by atoms with van der Waals surface area (Å²) in [6, 6.07) is 18.2. The van der Waals surface area contributed by atoms with Crippen molar-refractivity contribution in [3.05, 3.63) is 71.8 Å². The topological polar surface area (TPSA) is 93.1 Å². The highest BCUT2D eigenvalue weighted by Gasteiger charge is 2.47. The van der Waals surface area contributed by atoms with Crippen LogP contribution in [0.2, 0.25) is 0 Å². The Morgan fingerprint density at radius 3 is 1.40 bits per heavy atom. The van der Waals surface area contributed by atoms with Crippen molar-refractivity contribution in [1.29, 1.82) is 0 Å². The van der Waals surface area contributed by atoms with Crippen molar-refractivity contribution in [1.82, 2.24) is 0 Å². The van der Waals surface area contributed by atoms with Gasteiger partial charge in [0, 0.05) is 0 Å². The van der Waals surface area contributed by atoms with E-state index in [1.165, 1.54) is 0 Å². The SMILES string of the molecule is O=C(O)C(COCc1ccccc1)(COCc1ccccc1)C(=O)O. The van der Waals surface area contributed by atoms with Gasteiger partial charge in [0.05, 0.1) is 26.4 Å². The molecule has 2 aromatic rings.